The van der Waals surface area contributed by atoms with E-state index >= 15 is 0 Å². The molecule has 1 aromatic carbocycles. The molecular formula is C21H25N5O3S. The molecule has 4 heterocycles. The van der Waals surface area contributed by atoms with E-state index in [1.807, 2.05) is 39.9 Å². The predicted octanol–water partition coefficient (Wildman–Crippen LogP) is 2.54. The summed E-state index contributed by atoms with van der Waals surface area (Å²) in [6, 6.07) is 7.87. The van der Waals surface area contributed by atoms with Gasteiger partial charge in [-0.05, 0) is 37.1 Å². The second-order valence-electron chi connectivity index (χ2n) is 7.67. The Labute approximate surface area is 179 Å². The molecule has 2 aromatic heterocycles. The lowest BCUT2D eigenvalue weighted by Crippen LogP contribution is -2.46. The molecule has 3 aromatic rings. The fraction of sp³-hybridized carbons (Fsp3) is 0.476. The Morgan fingerprint density at radius 2 is 1.87 bits per heavy atom. The Morgan fingerprint density at radius 3 is 2.53 bits per heavy atom. The zero-order valence-corrected chi connectivity index (χ0v) is 17.8. The highest BCUT2D eigenvalue weighted by atomic mass is 32.1. The highest BCUT2D eigenvalue weighted by molar-refractivity contribution is 7.20. The van der Waals surface area contributed by atoms with Crippen molar-refractivity contribution < 1.29 is 14.3 Å². The number of piperidine rings is 1. The average molecular weight is 428 g/mol. The first-order valence-electron chi connectivity index (χ1n) is 10.3. The van der Waals surface area contributed by atoms with Gasteiger partial charge >= 0.3 is 0 Å². The second kappa shape index (κ2) is 8.23. The zero-order valence-electron chi connectivity index (χ0n) is 17.0. The van der Waals surface area contributed by atoms with Crippen molar-refractivity contribution in [3.63, 3.8) is 0 Å². The highest BCUT2D eigenvalue weighted by Gasteiger charge is 2.30. The van der Waals surface area contributed by atoms with Crippen molar-refractivity contribution in [1.82, 2.24) is 19.5 Å². The first kappa shape index (κ1) is 19.3. The summed E-state index contributed by atoms with van der Waals surface area (Å²) in [4.78, 5) is 22.6. The van der Waals surface area contributed by atoms with Gasteiger partial charge in [0.05, 0.1) is 32.2 Å². The molecule has 5 rings (SSSR count). The van der Waals surface area contributed by atoms with Gasteiger partial charge in [-0.2, -0.15) is 0 Å². The molecule has 0 atom stereocenters. The second-order valence-corrected chi connectivity index (χ2v) is 8.60. The van der Waals surface area contributed by atoms with Crippen molar-refractivity contribution in [2.45, 2.75) is 12.8 Å². The van der Waals surface area contributed by atoms with Crippen molar-refractivity contribution in [3.8, 4) is 17.0 Å². The van der Waals surface area contributed by atoms with Gasteiger partial charge in [-0.15, -0.1) is 5.10 Å². The number of ether oxygens (including phenoxy) is 2. The number of hydrogen-bond donors (Lipinski definition) is 0. The Balaban J connectivity index is 1.23. The molecule has 2 aliphatic rings. The first-order valence-corrected chi connectivity index (χ1v) is 11.1. The maximum absolute atomic E-state index is 12.7. The third kappa shape index (κ3) is 3.75. The van der Waals surface area contributed by atoms with Crippen LogP contribution in [0, 0.1) is 5.92 Å². The third-order valence-electron chi connectivity index (χ3n) is 5.86. The molecule has 2 aliphatic heterocycles. The van der Waals surface area contributed by atoms with Gasteiger partial charge in [-0.25, -0.2) is 9.50 Å². The summed E-state index contributed by atoms with van der Waals surface area (Å²) >= 11 is 1.59. The third-order valence-corrected chi connectivity index (χ3v) is 6.84. The molecule has 0 N–H and O–H groups in total. The smallest absolute Gasteiger partial charge is 0.225 e. The molecule has 0 saturated carbocycles. The van der Waals surface area contributed by atoms with Gasteiger partial charge in [0.1, 0.15) is 5.75 Å². The molecule has 9 heteroatoms. The molecule has 0 radical (unpaired) electrons. The summed E-state index contributed by atoms with van der Waals surface area (Å²) in [5.41, 5.74) is 1.94. The lowest BCUT2D eigenvalue weighted by molar-refractivity contribution is -0.140. The molecule has 8 nitrogen and oxygen atoms in total. The number of imidazole rings is 1. The Bertz CT molecular complexity index is 986. The fourth-order valence-corrected chi connectivity index (χ4v) is 5.01. The SMILES string of the molecule is COc1ccc(-c2cn3nc(N4CCC(C(=O)N5CCOCC5)CC4)sc3n2)cc1. The summed E-state index contributed by atoms with van der Waals surface area (Å²) in [6.07, 6.45) is 3.70. The number of aromatic nitrogens is 3. The van der Waals surface area contributed by atoms with Crippen LogP contribution in [0.2, 0.25) is 0 Å². The maximum atomic E-state index is 12.7. The van der Waals surface area contributed by atoms with E-state index < -0.39 is 0 Å². The number of nitrogens with zero attached hydrogens (tertiary/aromatic N) is 5. The van der Waals surface area contributed by atoms with E-state index in [2.05, 4.69) is 4.90 Å². The first-order chi connectivity index (χ1) is 14.7. The monoisotopic (exact) mass is 427 g/mol. The van der Waals surface area contributed by atoms with Crippen LogP contribution in [0.4, 0.5) is 5.13 Å². The van der Waals surface area contributed by atoms with Gasteiger partial charge in [0, 0.05) is 37.7 Å². The van der Waals surface area contributed by atoms with Crippen LogP contribution in [-0.2, 0) is 9.53 Å². The Hall–Kier alpha value is -2.65. The number of anilines is 1. The molecule has 2 saturated heterocycles. The minimum absolute atomic E-state index is 0.116. The van der Waals surface area contributed by atoms with Gasteiger partial charge in [-0.3, -0.25) is 4.79 Å². The van der Waals surface area contributed by atoms with Crippen molar-refractivity contribution >= 4 is 27.3 Å². The maximum Gasteiger partial charge on any atom is 0.225 e. The highest BCUT2D eigenvalue weighted by Crippen LogP contribution is 2.30. The predicted molar refractivity (Wildman–Crippen MR) is 115 cm³/mol. The summed E-state index contributed by atoms with van der Waals surface area (Å²) < 4.78 is 12.4. The van der Waals surface area contributed by atoms with Crippen molar-refractivity contribution in [2.24, 2.45) is 5.92 Å². The van der Waals surface area contributed by atoms with Gasteiger partial charge < -0.3 is 19.3 Å². The molecule has 1 amide bonds. The van der Waals surface area contributed by atoms with E-state index in [0.717, 1.165) is 66.1 Å². The topological polar surface area (TPSA) is 72.2 Å². The van der Waals surface area contributed by atoms with Crippen LogP contribution < -0.4 is 9.64 Å². The molecule has 0 bridgehead atoms. The minimum atomic E-state index is 0.116. The van der Waals surface area contributed by atoms with Crippen molar-refractivity contribution in [1.29, 1.82) is 0 Å². The number of benzene rings is 1. The summed E-state index contributed by atoms with van der Waals surface area (Å²) in [7, 11) is 1.66. The van der Waals surface area contributed by atoms with E-state index in [-0.39, 0.29) is 11.8 Å². The van der Waals surface area contributed by atoms with Crippen LogP contribution >= 0.6 is 11.3 Å². The quantitative estimate of drug-likeness (QED) is 0.637. The number of amides is 1. The Morgan fingerprint density at radius 1 is 1.13 bits per heavy atom. The average Bonchev–Trinajstić information content (AvgIpc) is 3.39. The van der Waals surface area contributed by atoms with E-state index in [1.165, 1.54) is 0 Å². The number of carbonyl (C=O) groups is 1. The van der Waals surface area contributed by atoms with Crippen LogP contribution in [0.1, 0.15) is 12.8 Å². The van der Waals surface area contributed by atoms with Gasteiger partial charge in [-0.1, -0.05) is 11.3 Å². The molecule has 2 fully saturated rings. The number of methoxy groups -OCH3 is 1. The molecular weight excluding hydrogens is 402 g/mol. The summed E-state index contributed by atoms with van der Waals surface area (Å²) in [5, 5.41) is 5.71. The largest absolute Gasteiger partial charge is 0.497 e. The Kier molecular flexibility index (Phi) is 5.30. The molecule has 0 unspecified atom stereocenters. The lowest BCUT2D eigenvalue weighted by atomic mass is 9.95. The normalized spacial score (nSPS) is 18.2. The number of carbonyl (C=O) groups excluding carboxylic acids is 1. The van der Waals surface area contributed by atoms with Gasteiger partial charge in [0.2, 0.25) is 16.0 Å². The minimum Gasteiger partial charge on any atom is -0.497 e. The van der Waals surface area contributed by atoms with Crippen molar-refractivity contribution in [2.75, 3.05) is 51.4 Å². The number of morpholine rings is 1. The molecule has 0 aliphatic carbocycles. The lowest BCUT2D eigenvalue weighted by Gasteiger charge is -2.35. The number of rotatable bonds is 4. The van der Waals surface area contributed by atoms with Crippen LogP contribution in [0.5, 0.6) is 5.75 Å². The van der Waals surface area contributed by atoms with E-state index in [0.29, 0.717) is 13.2 Å². The zero-order chi connectivity index (χ0) is 20.5. The number of fused-ring (bicyclic) bond motifs is 1. The van der Waals surface area contributed by atoms with Gasteiger partial charge in [0.25, 0.3) is 0 Å². The summed E-state index contributed by atoms with van der Waals surface area (Å²) in [6.45, 7) is 4.45. The standard InChI is InChI=1S/C21H25N5O3S/c1-28-17-4-2-15(3-5-17)18-14-26-20(22-18)30-21(23-26)25-8-6-16(7-9-25)19(27)24-10-12-29-13-11-24/h2-5,14,16H,6-13H2,1H3. The molecule has 0 spiro atoms. The van der Waals surface area contributed by atoms with Gasteiger partial charge in [0.15, 0.2) is 0 Å². The van der Waals surface area contributed by atoms with E-state index in [9.17, 15) is 4.79 Å². The van der Waals surface area contributed by atoms with E-state index in [4.69, 9.17) is 19.6 Å². The number of hydrogen-bond acceptors (Lipinski definition) is 7. The van der Waals surface area contributed by atoms with Crippen molar-refractivity contribution in [3.05, 3.63) is 30.5 Å². The molecule has 30 heavy (non-hydrogen) atoms. The molecule has 158 valence electrons. The van der Waals surface area contributed by atoms with E-state index in [1.54, 1.807) is 18.4 Å². The van der Waals surface area contributed by atoms with Crippen LogP contribution in [0.3, 0.4) is 0 Å². The van der Waals surface area contributed by atoms with Crippen LogP contribution in [0.25, 0.3) is 16.2 Å². The summed E-state index contributed by atoms with van der Waals surface area (Å²) in [5.74, 6) is 1.23. The van der Waals surface area contributed by atoms with Crippen LogP contribution in [-0.4, -0.2) is 71.9 Å². The fourth-order valence-electron chi connectivity index (χ4n) is 4.08. The van der Waals surface area contributed by atoms with Crippen LogP contribution in [0.15, 0.2) is 30.5 Å².